The molecule has 0 atom stereocenters. The minimum Gasteiger partial charge on any atom is -0.488 e. The molecule has 0 bridgehead atoms. The Balaban J connectivity index is 1.65. The first-order valence-corrected chi connectivity index (χ1v) is 8.89. The molecular formula is C22H18F2N2O4. The van der Waals surface area contributed by atoms with Crippen LogP contribution in [0.2, 0.25) is 0 Å². The van der Waals surface area contributed by atoms with Gasteiger partial charge in [-0.05, 0) is 54.1 Å². The molecule has 30 heavy (non-hydrogen) atoms. The molecule has 0 heterocycles. The molecule has 0 fully saturated rings. The van der Waals surface area contributed by atoms with Crippen molar-refractivity contribution in [3.05, 3.63) is 89.5 Å². The van der Waals surface area contributed by atoms with Gasteiger partial charge < -0.3 is 20.5 Å². The maximum Gasteiger partial charge on any atom is 0.387 e. The van der Waals surface area contributed by atoms with E-state index in [0.29, 0.717) is 22.6 Å². The lowest BCUT2D eigenvalue weighted by Crippen LogP contribution is -2.13. The Morgan fingerprint density at radius 3 is 2.40 bits per heavy atom. The minimum absolute atomic E-state index is 0.00149. The zero-order valence-corrected chi connectivity index (χ0v) is 15.7. The van der Waals surface area contributed by atoms with Crippen molar-refractivity contribution in [2.24, 2.45) is 5.73 Å². The monoisotopic (exact) mass is 412 g/mol. The summed E-state index contributed by atoms with van der Waals surface area (Å²) in [5.74, 6) is -0.620. The van der Waals surface area contributed by atoms with Gasteiger partial charge in [0.2, 0.25) is 0 Å². The fraction of sp³-hybridized carbons (Fsp3) is 0.0909. The van der Waals surface area contributed by atoms with E-state index in [1.165, 1.54) is 24.3 Å². The molecule has 0 radical (unpaired) electrons. The number of nitrogens with one attached hydrogen (secondary N) is 1. The first-order valence-electron chi connectivity index (χ1n) is 8.89. The number of nitrogens with two attached hydrogens (primary N) is 1. The number of carbonyl (C=O) groups excluding carboxylic acids is 2. The number of ether oxygens (including phenoxy) is 2. The maximum absolute atomic E-state index is 12.5. The Morgan fingerprint density at radius 2 is 1.70 bits per heavy atom. The number of hydrogen-bond donors (Lipinski definition) is 2. The molecule has 0 aromatic heterocycles. The van der Waals surface area contributed by atoms with Crippen molar-refractivity contribution >= 4 is 17.5 Å². The van der Waals surface area contributed by atoms with Gasteiger partial charge in [-0.25, -0.2) is 0 Å². The second-order valence-corrected chi connectivity index (χ2v) is 6.21. The molecule has 0 saturated heterocycles. The van der Waals surface area contributed by atoms with E-state index in [-0.39, 0.29) is 23.8 Å². The van der Waals surface area contributed by atoms with Crippen molar-refractivity contribution in [1.29, 1.82) is 0 Å². The predicted octanol–water partition coefficient (Wildman–Crippen LogP) is 4.22. The Morgan fingerprint density at radius 1 is 0.967 bits per heavy atom. The van der Waals surface area contributed by atoms with Gasteiger partial charge in [-0.1, -0.05) is 24.3 Å². The SMILES string of the molecule is NC(=O)c1ccccc1OCc1cccc(C(=O)Nc2ccc(OC(F)F)cc2)c1. The van der Waals surface area contributed by atoms with Gasteiger partial charge in [0.15, 0.2) is 0 Å². The van der Waals surface area contributed by atoms with Crippen LogP contribution in [0.5, 0.6) is 11.5 Å². The topological polar surface area (TPSA) is 90.7 Å². The number of anilines is 1. The largest absolute Gasteiger partial charge is 0.488 e. The summed E-state index contributed by atoms with van der Waals surface area (Å²) >= 11 is 0. The molecule has 154 valence electrons. The van der Waals surface area contributed by atoms with E-state index in [1.807, 2.05) is 0 Å². The van der Waals surface area contributed by atoms with Crippen LogP contribution in [0, 0.1) is 0 Å². The van der Waals surface area contributed by atoms with E-state index >= 15 is 0 Å². The van der Waals surface area contributed by atoms with E-state index in [1.54, 1.807) is 48.5 Å². The van der Waals surface area contributed by atoms with E-state index < -0.39 is 12.5 Å². The second kappa shape index (κ2) is 9.51. The van der Waals surface area contributed by atoms with Crippen LogP contribution in [0.25, 0.3) is 0 Å². The molecule has 3 N–H and O–H groups in total. The molecule has 0 saturated carbocycles. The number of hydrogen-bond acceptors (Lipinski definition) is 4. The van der Waals surface area contributed by atoms with E-state index in [0.717, 1.165) is 0 Å². The number of para-hydroxylation sites is 1. The van der Waals surface area contributed by atoms with Gasteiger partial charge in [-0.3, -0.25) is 9.59 Å². The van der Waals surface area contributed by atoms with Crippen molar-refractivity contribution in [3.63, 3.8) is 0 Å². The van der Waals surface area contributed by atoms with Crippen LogP contribution in [0.3, 0.4) is 0 Å². The molecule has 0 aliphatic heterocycles. The third-order valence-corrected chi connectivity index (χ3v) is 4.07. The van der Waals surface area contributed by atoms with E-state index in [4.69, 9.17) is 10.5 Å². The van der Waals surface area contributed by atoms with Crippen LogP contribution >= 0.6 is 0 Å². The Bertz CT molecular complexity index is 1040. The Labute approximate surface area is 171 Å². The van der Waals surface area contributed by atoms with Crippen LogP contribution in [-0.2, 0) is 6.61 Å². The van der Waals surface area contributed by atoms with Gasteiger partial charge in [0.05, 0.1) is 5.56 Å². The van der Waals surface area contributed by atoms with Crippen LogP contribution in [0.4, 0.5) is 14.5 Å². The number of carbonyl (C=O) groups is 2. The fourth-order valence-corrected chi connectivity index (χ4v) is 2.68. The number of benzene rings is 3. The highest BCUT2D eigenvalue weighted by molar-refractivity contribution is 6.04. The number of primary amides is 1. The van der Waals surface area contributed by atoms with Crippen LogP contribution < -0.4 is 20.5 Å². The zero-order chi connectivity index (χ0) is 21.5. The highest BCUT2D eigenvalue weighted by atomic mass is 19.3. The lowest BCUT2D eigenvalue weighted by atomic mass is 10.1. The quantitative estimate of drug-likeness (QED) is 0.580. The molecule has 0 aliphatic rings. The standard InChI is InChI=1S/C22H18F2N2O4/c23-22(24)30-17-10-8-16(9-11-17)26-21(28)15-5-3-4-14(12-15)13-29-19-7-2-1-6-18(19)20(25)27/h1-12,22H,13H2,(H2,25,27)(H,26,28). The summed E-state index contributed by atoms with van der Waals surface area (Å²) in [6.45, 7) is -2.78. The van der Waals surface area contributed by atoms with Crippen molar-refractivity contribution in [2.45, 2.75) is 13.2 Å². The molecule has 8 heteroatoms. The molecule has 0 unspecified atom stereocenters. The molecule has 3 aromatic rings. The molecule has 2 amide bonds. The zero-order valence-electron chi connectivity index (χ0n) is 15.7. The molecule has 6 nitrogen and oxygen atoms in total. The second-order valence-electron chi connectivity index (χ2n) is 6.21. The minimum atomic E-state index is -2.91. The van der Waals surface area contributed by atoms with Gasteiger partial charge in [-0.2, -0.15) is 8.78 Å². The van der Waals surface area contributed by atoms with Crippen LogP contribution in [-0.4, -0.2) is 18.4 Å². The number of alkyl halides is 2. The third kappa shape index (κ3) is 5.54. The summed E-state index contributed by atoms with van der Waals surface area (Å²) in [6.07, 6.45) is 0. The molecule has 3 aromatic carbocycles. The van der Waals surface area contributed by atoms with Gasteiger partial charge in [0.1, 0.15) is 18.1 Å². The first kappa shape index (κ1) is 20.8. The van der Waals surface area contributed by atoms with E-state index in [9.17, 15) is 18.4 Å². The molecule has 0 aliphatic carbocycles. The Hall–Kier alpha value is -3.94. The van der Waals surface area contributed by atoms with Crippen molar-refractivity contribution < 1.29 is 27.8 Å². The smallest absolute Gasteiger partial charge is 0.387 e. The first-order chi connectivity index (χ1) is 14.4. The molecular weight excluding hydrogens is 394 g/mol. The average molecular weight is 412 g/mol. The van der Waals surface area contributed by atoms with Gasteiger partial charge in [0.25, 0.3) is 11.8 Å². The normalized spacial score (nSPS) is 10.5. The van der Waals surface area contributed by atoms with Gasteiger partial charge >= 0.3 is 6.61 Å². The summed E-state index contributed by atoms with van der Waals surface area (Å²) < 4.78 is 34.3. The summed E-state index contributed by atoms with van der Waals surface area (Å²) in [4.78, 5) is 24.0. The lowest BCUT2D eigenvalue weighted by Gasteiger charge is -2.11. The lowest BCUT2D eigenvalue weighted by molar-refractivity contribution is -0.0498. The van der Waals surface area contributed by atoms with Crippen molar-refractivity contribution in [1.82, 2.24) is 0 Å². The van der Waals surface area contributed by atoms with E-state index in [2.05, 4.69) is 10.1 Å². The highest BCUT2D eigenvalue weighted by Crippen LogP contribution is 2.20. The van der Waals surface area contributed by atoms with Crippen molar-refractivity contribution in [2.75, 3.05) is 5.32 Å². The number of halogens is 2. The van der Waals surface area contributed by atoms with Gasteiger partial charge in [-0.15, -0.1) is 0 Å². The maximum atomic E-state index is 12.5. The van der Waals surface area contributed by atoms with Crippen molar-refractivity contribution in [3.8, 4) is 11.5 Å². The average Bonchev–Trinajstić information content (AvgIpc) is 2.73. The summed E-state index contributed by atoms with van der Waals surface area (Å²) in [5, 5.41) is 2.68. The summed E-state index contributed by atoms with van der Waals surface area (Å²) in [5.41, 5.74) is 7.13. The summed E-state index contributed by atoms with van der Waals surface area (Å²) in [6, 6.07) is 19.0. The fourth-order valence-electron chi connectivity index (χ4n) is 2.68. The Kier molecular flexibility index (Phi) is 6.59. The summed E-state index contributed by atoms with van der Waals surface area (Å²) in [7, 11) is 0. The highest BCUT2D eigenvalue weighted by Gasteiger charge is 2.11. The third-order valence-electron chi connectivity index (χ3n) is 4.07. The molecule has 3 rings (SSSR count). The predicted molar refractivity (Wildman–Crippen MR) is 107 cm³/mol. The van der Waals surface area contributed by atoms with Crippen LogP contribution in [0.15, 0.2) is 72.8 Å². The van der Waals surface area contributed by atoms with Gasteiger partial charge in [0, 0.05) is 11.3 Å². The number of amides is 2. The molecule has 0 spiro atoms. The van der Waals surface area contributed by atoms with Crippen LogP contribution in [0.1, 0.15) is 26.3 Å². The number of rotatable bonds is 8.